The molecule has 0 aromatic heterocycles. The number of hydrogen-bond acceptors (Lipinski definition) is 5. The average Bonchev–Trinajstić information content (AvgIpc) is 2.56. The lowest BCUT2D eigenvalue weighted by molar-refractivity contribution is 0.0680. The Balaban J connectivity index is 2.26. The van der Waals surface area contributed by atoms with E-state index in [4.69, 9.17) is 19.3 Å². The van der Waals surface area contributed by atoms with Crippen molar-refractivity contribution >= 4 is 27.9 Å². The Kier molecular flexibility index (Phi) is 6.34. The normalized spacial score (nSPS) is 10.2. The summed E-state index contributed by atoms with van der Waals surface area (Å²) in [5.41, 5.74) is 0.0865. The maximum Gasteiger partial charge on any atom is 0.347 e. The second-order valence-electron chi connectivity index (χ2n) is 4.67. The number of ether oxygens (including phenoxy) is 3. The zero-order valence-corrected chi connectivity index (χ0v) is 14.4. The molecule has 24 heavy (non-hydrogen) atoms. The Morgan fingerprint density at radius 1 is 1.04 bits per heavy atom. The van der Waals surface area contributed by atoms with E-state index in [1.165, 1.54) is 12.1 Å². The van der Waals surface area contributed by atoms with Crippen LogP contribution in [0.15, 0.2) is 46.9 Å². The molecule has 0 fully saturated rings. The molecule has 2 aromatic carbocycles. The zero-order chi connectivity index (χ0) is 17.5. The van der Waals surface area contributed by atoms with Gasteiger partial charge in [-0.15, -0.1) is 0 Å². The number of halogens is 1. The van der Waals surface area contributed by atoms with Crippen LogP contribution in [0, 0.1) is 0 Å². The van der Waals surface area contributed by atoms with E-state index in [0.29, 0.717) is 16.8 Å². The Morgan fingerprint density at radius 3 is 2.50 bits per heavy atom. The first kappa shape index (κ1) is 18.0. The highest BCUT2D eigenvalue weighted by Gasteiger charge is 2.19. The Labute approximate surface area is 147 Å². The molecule has 0 saturated heterocycles. The van der Waals surface area contributed by atoms with E-state index in [-0.39, 0.29) is 23.5 Å². The molecule has 0 amide bonds. The first-order valence-electron chi connectivity index (χ1n) is 6.98. The van der Waals surface area contributed by atoms with Crippen LogP contribution in [0.4, 0.5) is 0 Å². The van der Waals surface area contributed by atoms with Crippen molar-refractivity contribution in [1.29, 1.82) is 0 Å². The predicted molar refractivity (Wildman–Crippen MR) is 89.9 cm³/mol. The van der Waals surface area contributed by atoms with Crippen molar-refractivity contribution in [1.82, 2.24) is 0 Å². The molecule has 0 unspecified atom stereocenters. The number of carbonyl (C=O) groups is 2. The first-order valence-corrected chi connectivity index (χ1v) is 7.78. The minimum Gasteiger partial charge on any atom is -0.490 e. The van der Waals surface area contributed by atoms with Gasteiger partial charge < -0.3 is 19.3 Å². The van der Waals surface area contributed by atoms with Gasteiger partial charge in [0.1, 0.15) is 29.2 Å². The molecule has 126 valence electrons. The van der Waals surface area contributed by atoms with E-state index < -0.39 is 11.9 Å². The number of rotatable bonds is 7. The molecule has 0 atom stereocenters. The lowest BCUT2D eigenvalue weighted by atomic mass is 10.2. The molecule has 0 aliphatic heterocycles. The highest BCUT2D eigenvalue weighted by molar-refractivity contribution is 9.10. The molecule has 2 rings (SSSR count). The standard InChI is InChI=1S/C17H15BrO6/c1-22-8-9-23-14-7-6-11(18)10-13(14)17(21)24-15-5-3-2-4-12(15)16(19)20/h2-7,10H,8-9H2,1H3,(H,19,20). The van der Waals surface area contributed by atoms with Crippen LogP contribution in [-0.2, 0) is 4.74 Å². The molecule has 6 nitrogen and oxygen atoms in total. The molecule has 1 N–H and O–H groups in total. The van der Waals surface area contributed by atoms with Crippen LogP contribution in [0.25, 0.3) is 0 Å². The van der Waals surface area contributed by atoms with Gasteiger partial charge in [-0.1, -0.05) is 28.1 Å². The van der Waals surface area contributed by atoms with E-state index >= 15 is 0 Å². The molecule has 0 heterocycles. The maximum atomic E-state index is 12.4. The lowest BCUT2D eigenvalue weighted by Crippen LogP contribution is -2.14. The van der Waals surface area contributed by atoms with Gasteiger partial charge in [-0.3, -0.25) is 0 Å². The van der Waals surface area contributed by atoms with Gasteiger partial charge in [0, 0.05) is 11.6 Å². The number of hydrogen-bond donors (Lipinski definition) is 1. The van der Waals surface area contributed by atoms with Crippen molar-refractivity contribution in [2.75, 3.05) is 20.3 Å². The monoisotopic (exact) mass is 394 g/mol. The largest absolute Gasteiger partial charge is 0.490 e. The maximum absolute atomic E-state index is 12.4. The summed E-state index contributed by atoms with van der Waals surface area (Å²) >= 11 is 3.29. The molecule has 0 aliphatic carbocycles. The van der Waals surface area contributed by atoms with Crippen LogP contribution in [0.3, 0.4) is 0 Å². The smallest absolute Gasteiger partial charge is 0.347 e. The summed E-state index contributed by atoms with van der Waals surface area (Å²) in [6.45, 7) is 0.635. The summed E-state index contributed by atoms with van der Waals surface area (Å²) in [4.78, 5) is 23.6. The number of esters is 1. The molecule has 0 radical (unpaired) electrons. The predicted octanol–water partition coefficient (Wildman–Crippen LogP) is 3.39. The van der Waals surface area contributed by atoms with E-state index in [9.17, 15) is 9.59 Å². The Morgan fingerprint density at radius 2 is 1.79 bits per heavy atom. The number of methoxy groups -OCH3 is 1. The minimum atomic E-state index is -1.18. The van der Waals surface area contributed by atoms with Crippen LogP contribution in [-0.4, -0.2) is 37.4 Å². The van der Waals surface area contributed by atoms with E-state index in [1.54, 1.807) is 37.4 Å². The van der Waals surface area contributed by atoms with Crippen molar-refractivity contribution in [3.05, 3.63) is 58.1 Å². The molecule has 0 aliphatic rings. The molecule has 0 bridgehead atoms. The van der Waals surface area contributed by atoms with Gasteiger partial charge >= 0.3 is 11.9 Å². The minimum absolute atomic E-state index is 0.0298. The molecular formula is C17H15BrO6. The van der Waals surface area contributed by atoms with Crippen LogP contribution in [0.1, 0.15) is 20.7 Å². The quantitative estimate of drug-likeness (QED) is 0.440. The van der Waals surface area contributed by atoms with Gasteiger partial charge in [-0.2, -0.15) is 0 Å². The van der Waals surface area contributed by atoms with Gasteiger partial charge in [0.05, 0.1) is 6.61 Å². The number of carboxylic acid groups (broad SMARTS) is 1. The number of para-hydroxylation sites is 1. The fourth-order valence-corrected chi connectivity index (χ4v) is 2.27. The third-order valence-electron chi connectivity index (χ3n) is 3.03. The third-order valence-corrected chi connectivity index (χ3v) is 3.52. The second-order valence-corrected chi connectivity index (χ2v) is 5.59. The topological polar surface area (TPSA) is 82.1 Å². The van der Waals surface area contributed by atoms with Crippen molar-refractivity contribution in [3.63, 3.8) is 0 Å². The fourth-order valence-electron chi connectivity index (χ4n) is 1.91. The first-order chi connectivity index (χ1) is 11.5. The van der Waals surface area contributed by atoms with Crippen molar-refractivity contribution < 1.29 is 28.9 Å². The average molecular weight is 395 g/mol. The number of benzene rings is 2. The van der Waals surface area contributed by atoms with E-state index in [2.05, 4.69) is 15.9 Å². The zero-order valence-electron chi connectivity index (χ0n) is 12.8. The van der Waals surface area contributed by atoms with Crippen LogP contribution >= 0.6 is 15.9 Å². The van der Waals surface area contributed by atoms with Gasteiger partial charge in [-0.05, 0) is 30.3 Å². The highest BCUT2D eigenvalue weighted by atomic mass is 79.9. The van der Waals surface area contributed by atoms with Gasteiger partial charge in [-0.25, -0.2) is 9.59 Å². The summed E-state index contributed by atoms with van der Waals surface area (Å²) < 4.78 is 16.3. The summed E-state index contributed by atoms with van der Waals surface area (Å²) in [5.74, 6) is -1.59. The summed E-state index contributed by atoms with van der Waals surface area (Å²) in [6.07, 6.45) is 0. The number of aromatic carboxylic acids is 1. The van der Waals surface area contributed by atoms with Gasteiger partial charge in [0.2, 0.25) is 0 Å². The SMILES string of the molecule is COCCOc1ccc(Br)cc1C(=O)Oc1ccccc1C(=O)O. The van der Waals surface area contributed by atoms with Gasteiger partial charge in [0.15, 0.2) is 0 Å². The summed E-state index contributed by atoms with van der Waals surface area (Å²) in [7, 11) is 1.54. The highest BCUT2D eigenvalue weighted by Crippen LogP contribution is 2.26. The van der Waals surface area contributed by atoms with Crippen LogP contribution in [0.5, 0.6) is 11.5 Å². The molecule has 0 saturated carbocycles. The van der Waals surface area contributed by atoms with Crippen molar-refractivity contribution in [2.24, 2.45) is 0 Å². The third kappa shape index (κ3) is 4.56. The second kappa shape index (κ2) is 8.47. The van der Waals surface area contributed by atoms with Crippen molar-refractivity contribution in [2.45, 2.75) is 0 Å². The number of carbonyl (C=O) groups excluding carboxylic acids is 1. The molecule has 0 spiro atoms. The molecule has 7 heteroatoms. The summed E-state index contributed by atoms with van der Waals surface area (Å²) in [5, 5.41) is 9.15. The van der Waals surface area contributed by atoms with Gasteiger partial charge in [0.25, 0.3) is 0 Å². The Bertz CT molecular complexity index is 744. The van der Waals surface area contributed by atoms with Crippen LogP contribution < -0.4 is 9.47 Å². The Hall–Kier alpha value is -2.38. The summed E-state index contributed by atoms with van der Waals surface area (Å²) in [6, 6.07) is 10.8. The van der Waals surface area contributed by atoms with E-state index in [0.717, 1.165) is 0 Å². The number of carboxylic acids is 1. The fraction of sp³-hybridized carbons (Fsp3) is 0.176. The van der Waals surface area contributed by atoms with E-state index in [1.807, 2.05) is 0 Å². The molecule has 2 aromatic rings. The van der Waals surface area contributed by atoms with Crippen LogP contribution in [0.2, 0.25) is 0 Å². The van der Waals surface area contributed by atoms with Crippen molar-refractivity contribution in [3.8, 4) is 11.5 Å². The molecular weight excluding hydrogens is 380 g/mol. The lowest BCUT2D eigenvalue weighted by Gasteiger charge is -2.12.